The zero-order valence-corrected chi connectivity index (χ0v) is 12.5. The van der Waals surface area contributed by atoms with Crippen molar-refractivity contribution in [1.82, 2.24) is 0 Å². The molecule has 0 saturated heterocycles. The number of carboxylic acid groups (broad SMARTS) is 1. The number of hydrogen-bond donors (Lipinski definition) is 1. The van der Waals surface area contributed by atoms with Crippen LogP contribution in [0, 0.1) is 5.92 Å². The fraction of sp³-hybridized carbons (Fsp3) is 0.235. The maximum absolute atomic E-state index is 11.1. The third-order valence-electron chi connectivity index (χ3n) is 3.84. The van der Waals surface area contributed by atoms with Gasteiger partial charge < -0.3 is 10.0 Å². The molecule has 108 valence electrons. The Balaban J connectivity index is 2.05. The van der Waals surface area contributed by atoms with E-state index in [1.165, 1.54) is 11.3 Å². The van der Waals surface area contributed by atoms with Crippen LogP contribution in [0.25, 0.3) is 0 Å². The van der Waals surface area contributed by atoms with Crippen LogP contribution in [0.4, 0.5) is 11.4 Å². The Morgan fingerprint density at radius 1 is 1.29 bits per heavy atom. The molecule has 3 nitrogen and oxygen atoms in total. The Morgan fingerprint density at radius 2 is 2.05 bits per heavy atom. The van der Waals surface area contributed by atoms with Gasteiger partial charge in [-0.05, 0) is 42.2 Å². The van der Waals surface area contributed by atoms with Crippen LogP contribution in [-0.2, 0) is 6.42 Å². The van der Waals surface area contributed by atoms with E-state index in [9.17, 15) is 4.79 Å². The van der Waals surface area contributed by atoms with Gasteiger partial charge in [0, 0.05) is 17.9 Å². The highest BCUT2D eigenvalue weighted by atomic mass is 35.5. The van der Waals surface area contributed by atoms with Crippen LogP contribution in [0.2, 0.25) is 5.02 Å². The standard InChI is InChI=1S/C17H16ClNO2/c1-11-8-12-4-2-3-5-16(12)19(10-11)13-6-7-14(17(20)21)15(18)9-13/h2-7,9,11H,8,10H2,1H3,(H,20,21). The van der Waals surface area contributed by atoms with Gasteiger partial charge in [-0.25, -0.2) is 4.79 Å². The van der Waals surface area contributed by atoms with Gasteiger partial charge in [0.2, 0.25) is 0 Å². The molecule has 21 heavy (non-hydrogen) atoms. The van der Waals surface area contributed by atoms with Gasteiger partial charge in [0.05, 0.1) is 10.6 Å². The van der Waals surface area contributed by atoms with E-state index < -0.39 is 5.97 Å². The third kappa shape index (κ3) is 2.61. The molecule has 0 amide bonds. The molecule has 2 aromatic rings. The van der Waals surface area contributed by atoms with Gasteiger partial charge in [-0.3, -0.25) is 0 Å². The lowest BCUT2D eigenvalue weighted by Gasteiger charge is -2.35. The summed E-state index contributed by atoms with van der Waals surface area (Å²) in [6, 6.07) is 13.4. The molecule has 1 atom stereocenters. The summed E-state index contributed by atoms with van der Waals surface area (Å²) in [5, 5.41) is 9.34. The highest BCUT2D eigenvalue weighted by Gasteiger charge is 2.23. The molecule has 0 spiro atoms. The first-order chi connectivity index (χ1) is 10.1. The summed E-state index contributed by atoms with van der Waals surface area (Å²) in [5.41, 5.74) is 3.56. The summed E-state index contributed by atoms with van der Waals surface area (Å²) >= 11 is 6.10. The Kier molecular flexibility index (Phi) is 3.60. The minimum atomic E-state index is -1.00. The fourth-order valence-corrected chi connectivity index (χ4v) is 3.14. The number of aromatic carboxylic acids is 1. The zero-order valence-electron chi connectivity index (χ0n) is 11.7. The lowest BCUT2D eigenvalue weighted by Crippen LogP contribution is -2.30. The minimum Gasteiger partial charge on any atom is -0.478 e. The number of fused-ring (bicyclic) bond motifs is 1. The highest BCUT2D eigenvalue weighted by molar-refractivity contribution is 6.33. The molecule has 1 N–H and O–H groups in total. The van der Waals surface area contributed by atoms with Crippen LogP contribution in [0.15, 0.2) is 42.5 Å². The van der Waals surface area contributed by atoms with Gasteiger partial charge in [0.25, 0.3) is 0 Å². The van der Waals surface area contributed by atoms with Crippen molar-refractivity contribution in [3.63, 3.8) is 0 Å². The molecule has 0 bridgehead atoms. The summed E-state index contributed by atoms with van der Waals surface area (Å²) < 4.78 is 0. The molecule has 0 saturated carbocycles. The number of benzene rings is 2. The molecule has 0 radical (unpaired) electrons. The highest BCUT2D eigenvalue weighted by Crippen LogP contribution is 2.36. The Labute approximate surface area is 128 Å². The Morgan fingerprint density at radius 3 is 2.76 bits per heavy atom. The van der Waals surface area contributed by atoms with Gasteiger partial charge >= 0.3 is 5.97 Å². The molecule has 0 aliphatic carbocycles. The number of para-hydroxylation sites is 1. The number of anilines is 2. The maximum atomic E-state index is 11.1. The van der Waals surface area contributed by atoms with E-state index in [1.807, 2.05) is 12.1 Å². The monoisotopic (exact) mass is 301 g/mol. The van der Waals surface area contributed by atoms with Gasteiger partial charge in [-0.15, -0.1) is 0 Å². The molecule has 4 heteroatoms. The summed E-state index contributed by atoms with van der Waals surface area (Å²) in [6.45, 7) is 3.12. The van der Waals surface area contributed by atoms with Crippen molar-refractivity contribution in [2.45, 2.75) is 13.3 Å². The van der Waals surface area contributed by atoms with Crippen molar-refractivity contribution in [1.29, 1.82) is 0 Å². The molecule has 2 aromatic carbocycles. The second-order valence-corrected chi connectivity index (χ2v) is 5.93. The van der Waals surface area contributed by atoms with Crippen molar-refractivity contribution in [2.75, 3.05) is 11.4 Å². The number of carboxylic acids is 1. The Hall–Kier alpha value is -2.00. The van der Waals surface area contributed by atoms with Gasteiger partial charge in [0.1, 0.15) is 0 Å². The van der Waals surface area contributed by atoms with Crippen LogP contribution < -0.4 is 4.90 Å². The van der Waals surface area contributed by atoms with E-state index in [2.05, 4.69) is 30.0 Å². The van der Waals surface area contributed by atoms with Crippen molar-refractivity contribution >= 4 is 28.9 Å². The molecule has 0 aromatic heterocycles. The number of rotatable bonds is 2. The van der Waals surface area contributed by atoms with Gasteiger partial charge in [-0.2, -0.15) is 0 Å². The van der Waals surface area contributed by atoms with Crippen molar-refractivity contribution in [3.8, 4) is 0 Å². The number of halogens is 1. The first-order valence-electron chi connectivity index (χ1n) is 6.94. The fourth-order valence-electron chi connectivity index (χ4n) is 2.89. The molecule has 1 heterocycles. The van der Waals surface area contributed by atoms with Crippen LogP contribution >= 0.6 is 11.6 Å². The van der Waals surface area contributed by atoms with Gasteiger partial charge in [0.15, 0.2) is 0 Å². The number of nitrogens with zero attached hydrogens (tertiary/aromatic N) is 1. The van der Waals surface area contributed by atoms with Crippen molar-refractivity contribution in [2.24, 2.45) is 5.92 Å². The van der Waals surface area contributed by atoms with Crippen molar-refractivity contribution in [3.05, 3.63) is 58.6 Å². The molecular formula is C17H16ClNO2. The first-order valence-corrected chi connectivity index (χ1v) is 7.32. The second-order valence-electron chi connectivity index (χ2n) is 5.52. The Bertz CT molecular complexity index is 699. The average Bonchev–Trinajstić information content (AvgIpc) is 2.45. The predicted octanol–water partition coefficient (Wildman–Crippen LogP) is 4.37. The molecule has 0 fully saturated rings. The van der Waals surface area contributed by atoms with E-state index in [4.69, 9.17) is 16.7 Å². The lowest BCUT2D eigenvalue weighted by molar-refractivity contribution is 0.0697. The predicted molar refractivity (Wildman–Crippen MR) is 84.7 cm³/mol. The normalized spacial score (nSPS) is 17.4. The van der Waals surface area contributed by atoms with E-state index >= 15 is 0 Å². The SMILES string of the molecule is CC1Cc2ccccc2N(c2ccc(C(=O)O)c(Cl)c2)C1. The van der Waals surface area contributed by atoms with E-state index in [0.29, 0.717) is 5.92 Å². The molecule has 1 unspecified atom stereocenters. The van der Waals surface area contributed by atoms with Crippen LogP contribution in [-0.4, -0.2) is 17.6 Å². The lowest BCUT2D eigenvalue weighted by atomic mass is 9.93. The van der Waals surface area contributed by atoms with E-state index in [1.54, 1.807) is 12.1 Å². The van der Waals surface area contributed by atoms with Gasteiger partial charge in [-0.1, -0.05) is 36.7 Å². The zero-order chi connectivity index (χ0) is 15.0. The van der Waals surface area contributed by atoms with E-state index in [0.717, 1.165) is 18.7 Å². The third-order valence-corrected chi connectivity index (χ3v) is 4.15. The quantitative estimate of drug-likeness (QED) is 0.895. The summed E-state index contributed by atoms with van der Waals surface area (Å²) in [4.78, 5) is 13.3. The molecule has 1 aliphatic rings. The smallest absolute Gasteiger partial charge is 0.337 e. The minimum absolute atomic E-state index is 0.138. The molecular weight excluding hydrogens is 286 g/mol. The van der Waals surface area contributed by atoms with Crippen LogP contribution in [0.5, 0.6) is 0 Å². The largest absolute Gasteiger partial charge is 0.478 e. The maximum Gasteiger partial charge on any atom is 0.337 e. The average molecular weight is 302 g/mol. The number of carbonyl (C=O) groups is 1. The molecule has 3 rings (SSSR count). The van der Waals surface area contributed by atoms with Crippen molar-refractivity contribution < 1.29 is 9.90 Å². The number of hydrogen-bond acceptors (Lipinski definition) is 2. The summed E-state index contributed by atoms with van der Waals surface area (Å²) in [6.07, 6.45) is 1.06. The topological polar surface area (TPSA) is 40.5 Å². The summed E-state index contributed by atoms with van der Waals surface area (Å²) in [5.74, 6) is -0.461. The molecule has 1 aliphatic heterocycles. The second kappa shape index (κ2) is 5.41. The van der Waals surface area contributed by atoms with E-state index in [-0.39, 0.29) is 10.6 Å². The first kappa shape index (κ1) is 14.0. The summed E-state index contributed by atoms with van der Waals surface area (Å²) in [7, 11) is 0. The van der Waals surface area contributed by atoms with Crippen LogP contribution in [0.1, 0.15) is 22.8 Å². The van der Waals surface area contributed by atoms with Crippen LogP contribution in [0.3, 0.4) is 0 Å².